The Hall–Kier alpha value is -1.83. The number of thioether (sulfide) groups is 1. The van der Waals surface area contributed by atoms with E-state index in [9.17, 15) is 9.59 Å². The first-order valence-corrected chi connectivity index (χ1v) is 10.3. The average Bonchev–Trinajstić information content (AvgIpc) is 2.89. The second kappa shape index (κ2) is 7.82. The summed E-state index contributed by atoms with van der Waals surface area (Å²) in [5.41, 5.74) is 1.56. The molecule has 0 bridgehead atoms. The van der Waals surface area contributed by atoms with Crippen molar-refractivity contribution >= 4 is 56.5 Å². The van der Waals surface area contributed by atoms with Gasteiger partial charge in [0.25, 0.3) is 5.56 Å². The largest absolute Gasteiger partial charge is 0.325 e. The highest BCUT2D eigenvalue weighted by Gasteiger charge is 2.16. The third-order valence-electron chi connectivity index (χ3n) is 4.04. The summed E-state index contributed by atoms with van der Waals surface area (Å²) in [6.45, 7) is 5.74. The van der Waals surface area contributed by atoms with Gasteiger partial charge in [-0.1, -0.05) is 11.6 Å². The summed E-state index contributed by atoms with van der Waals surface area (Å²) in [5, 5.41) is 3.84. The Kier molecular flexibility index (Phi) is 5.70. The normalized spacial score (nSPS) is 12.3. The molecule has 0 aliphatic carbocycles. The van der Waals surface area contributed by atoms with Crippen LogP contribution in [0.2, 0.25) is 5.02 Å². The van der Waals surface area contributed by atoms with Gasteiger partial charge in [0.15, 0.2) is 0 Å². The van der Waals surface area contributed by atoms with E-state index in [0.717, 1.165) is 15.3 Å². The smallest absolute Gasteiger partial charge is 0.259 e. The van der Waals surface area contributed by atoms with Crippen molar-refractivity contribution in [1.82, 2.24) is 9.97 Å². The highest BCUT2D eigenvalue weighted by atomic mass is 35.5. The van der Waals surface area contributed by atoms with Crippen molar-refractivity contribution in [2.24, 2.45) is 0 Å². The van der Waals surface area contributed by atoms with Gasteiger partial charge in [-0.25, -0.2) is 4.98 Å². The summed E-state index contributed by atoms with van der Waals surface area (Å²) in [6, 6.07) is 6.96. The van der Waals surface area contributed by atoms with Crippen molar-refractivity contribution in [3.05, 3.63) is 55.9 Å². The zero-order valence-electron chi connectivity index (χ0n) is 14.6. The minimum Gasteiger partial charge on any atom is -0.325 e. The number of carbonyl (C=O) groups is 1. The van der Waals surface area contributed by atoms with Crippen LogP contribution in [-0.4, -0.2) is 21.1 Å². The molecule has 2 heterocycles. The van der Waals surface area contributed by atoms with Gasteiger partial charge in [-0.05, 0) is 50.6 Å². The number of hydrogen-bond donors (Lipinski definition) is 2. The summed E-state index contributed by atoms with van der Waals surface area (Å²) in [5.74, 6) is 0.930. The fourth-order valence-corrected chi connectivity index (χ4v) is 4.35. The molecule has 0 spiro atoms. The molecule has 0 saturated carbocycles. The number of nitrogens with zero attached hydrogens (tertiary/aromatic N) is 1. The van der Waals surface area contributed by atoms with E-state index in [0.29, 0.717) is 27.7 Å². The highest BCUT2D eigenvalue weighted by Crippen LogP contribution is 2.26. The average molecular weight is 408 g/mol. The van der Waals surface area contributed by atoms with Crippen LogP contribution in [-0.2, 0) is 10.5 Å². The number of fused-ring (bicyclic) bond motifs is 1. The zero-order valence-corrected chi connectivity index (χ0v) is 16.9. The van der Waals surface area contributed by atoms with Crippen LogP contribution in [0.4, 0.5) is 5.69 Å². The molecule has 5 nitrogen and oxygen atoms in total. The first-order chi connectivity index (χ1) is 12.3. The van der Waals surface area contributed by atoms with Gasteiger partial charge in [0.05, 0.1) is 16.4 Å². The van der Waals surface area contributed by atoms with Crippen molar-refractivity contribution in [3.8, 4) is 0 Å². The number of carbonyl (C=O) groups excluding carboxylic acids is 1. The molecule has 0 aliphatic heterocycles. The van der Waals surface area contributed by atoms with Crippen LogP contribution in [0.1, 0.15) is 23.2 Å². The Morgan fingerprint density at radius 1 is 1.35 bits per heavy atom. The van der Waals surface area contributed by atoms with Crippen LogP contribution >= 0.6 is 34.7 Å². The molecule has 0 fully saturated rings. The number of anilines is 1. The lowest BCUT2D eigenvalue weighted by Crippen LogP contribution is -2.23. The number of aromatic amines is 1. The van der Waals surface area contributed by atoms with E-state index in [4.69, 9.17) is 11.6 Å². The summed E-state index contributed by atoms with van der Waals surface area (Å²) < 4.78 is 0. The van der Waals surface area contributed by atoms with Crippen LogP contribution in [0, 0.1) is 13.8 Å². The topological polar surface area (TPSA) is 74.8 Å². The lowest BCUT2D eigenvalue weighted by atomic mass is 10.2. The fourth-order valence-electron chi connectivity index (χ4n) is 2.42. The molecule has 8 heteroatoms. The van der Waals surface area contributed by atoms with Gasteiger partial charge in [-0.15, -0.1) is 23.1 Å². The van der Waals surface area contributed by atoms with Crippen molar-refractivity contribution in [3.63, 3.8) is 0 Å². The first-order valence-electron chi connectivity index (χ1n) is 8.02. The van der Waals surface area contributed by atoms with Crippen molar-refractivity contribution in [1.29, 1.82) is 0 Å². The van der Waals surface area contributed by atoms with E-state index in [-0.39, 0.29) is 16.7 Å². The third kappa shape index (κ3) is 4.11. The minimum atomic E-state index is -0.293. The van der Waals surface area contributed by atoms with Crippen LogP contribution in [0.3, 0.4) is 0 Å². The number of halogens is 1. The summed E-state index contributed by atoms with van der Waals surface area (Å²) in [4.78, 5) is 33.8. The maximum atomic E-state index is 12.3. The Morgan fingerprint density at radius 2 is 2.04 bits per heavy atom. The maximum Gasteiger partial charge on any atom is 0.259 e. The number of amides is 1. The number of aromatic nitrogens is 2. The molecule has 3 aromatic rings. The number of hydrogen-bond acceptors (Lipinski definition) is 5. The number of rotatable bonds is 5. The molecule has 2 N–H and O–H groups in total. The number of aryl methyl sites for hydroxylation is 2. The standard InChI is InChI=1S/C18H18ClN3O2S2/c1-9-10(2)26-18-15(9)17(24)21-14(22-18)8-25-11(3)16(23)20-13-6-4-12(19)5-7-13/h4-7,11H,8H2,1-3H3,(H,20,23)(H,21,22,24)/t11-/m0/s1. The van der Waals surface area contributed by atoms with E-state index in [1.165, 1.54) is 23.1 Å². The molecular weight excluding hydrogens is 390 g/mol. The van der Waals surface area contributed by atoms with Crippen molar-refractivity contribution < 1.29 is 4.79 Å². The SMILES string of the molecule is Cc1sc2nc(CS[C@@H](C)C(=O)Nc3ccc(Cl)cc3)[nH]c(=O)c2c1C. The molecule has 0 saturated heterocycles. The zero-order chi connectivity index (χ0) is 18.8. The summed E-state index contributed by atoms with van der Waals surface area (Å²) >= 11 is 8.78. The molecular formula is C18H18ClN3O2S2. The fraction of sp³-hybridized carbons (Fsp3) is 0.278. The van der Waals surface area contributed by atoms with Crippen LogP contribution in [0.5, 0.6) is 0 Å². The Bertz CT molecular complexity index is 1010. The van der Waals surface area contributed by atoms with E-state index in [2.05, 4.69) is 15.3 Å². The van der Waals surface area contributed by atoms with Gasteiger partial charge in [0.2, 0.25) is 5.91 Å². The van der Waals surface area contributed by atoms with Crippen molar-refractivity contribution in [2.75, 3.05) is 5.32 Å². The van der Waals surface area contributed by atoms with Crippen LogP contribution in [0.15, 0.2) is 29.1 Å². The predicted octanol–water partition coefficient (Wildman–Crippen LogP) is 4.52. The summed E-state index contributed by atoms with van der Waals surface area (Å²) in [7, 11) is 0. The number of thiophene rings is 1. The first kappa shape index (κ1) is 18.9. The van der Waals surface area contributed by atoms with Gasteiger partial charge in [0, 0.05) is 15.6 Å². The molecule has 26 heavy (non-hydrogen) atoms. The third-order valence-corrected chi connectivity index (χ3v) is 6.55. The predicted molar refractivity (Wildman–Crippen MR) is 111 cm³/mol. The van der Waals surface area contributed by atoms with Gasteiger partial charge >= 0.3 is 0 Å². The Labute approximate surface area is 164 Å². The van der Waals surface area contributed by atoms with Crippen LogP contribution in [0.25, 0.3) is 10.2 Å². The quantitative estimate of drug-likeness (QED) is 0.652. The molecule has 3 rings (SSSR count). The van der Waals surface area contributed by atoms with E-state index in [1.54, 1.807) is 24.3 Å². The maximum absolute atomic E-state index is 12.3. The van der Waals surface area contributed by atoms with Gasteiger partial charge in [0.1, 0.15) is 10.7 Å². The lowest BCUT2D eigenvalue weighted by molar-refractivity contribution is -0.115. The molecule has 0 aliphatic rings. The monoisotopic (exact) mass is 407 g/mol. The lowest BCUT2D eigenvalue weighted by Gasteiger charge is -2.12. The van der Waals surface area contributed by atoms with Gasteiger partial charge in [-0.3, -0.25) is 9.59 Å². The molecule has 1 amide bonds. The second-order valence-electron chi connectivity index (χ2n) is 5.93. The van der Waals surface area contributed by atoms with Crippen molar-refractivity contribution in [2.45, 2.75) is 31.8 Å². The number of benzene rings is 1. The summed E-state index contributed by atoms with van der Waals surface area (Å²) in [6.07, 6.45) is 0. The van der Waals surface area contributed by atoms with E-state index >= 15 is 0 Å². The second-order valence-corrected chi connectivity index (χ2v) is 8.89. The molecule has 0 unspecified atom stereocenters. The number of nitrogens with one attached hydrogen (secondary N) is 2. The Morgan fingerprint density at radius 3 is 2.73 bits per heavy atom. The van der Waals surface area contributed by atoms with Crippen LogP contribution < -0.4 is 10.9 Å². The molecule has 0 radical (unpaired) electrons. The Balaban J connectivity index is 1.66. The molecule has 136 valence electrons. The number of H-pyrrole nitrogens is 1. The molecule has 1 aromatic carbocycles. The van der Waals surface area contributed by atoms with E-state index < -0.39 is 0 Å². The van der Waals surface area contributed by atoms with Gasteiger partial charge in [-0.2, -0.15) is 0 Å². The minimum absolute atomic E-state index is 0.108. The van der Waals surface area contributed by atoms with E-state index in [1.807, 2.05) is 20.8 Å². The molecule has 1 atom stereocenters. The van der Waals surface area contributed by atoms with Gasteiger partial charge < -0.3 is 10.3 Å². The highest BCUT2D eigenvalue weighted by molar-refractivity contribution is 7.99. The molecule has 2 aromatic heterocycles.